The van der Waals surface area contributed by atoms with Crippen molar-refractivity contribution in [2.45, 2.75) is 12.8 Å². The van der Waals surface area contributed by atoms with Crippen LogP contribution < -0.4 is 4.90 Å². The van der Waals surface area contributed by atoms with Gasteiger partial charge in [0.2, 0.25) is 11.7 Å². The van der Waals surface area contributed by atoms with Gasteiger partial charge in [0.25, 0.3) is 5.95 Å². The lowest BCUT2D eigenvalue weighted by atomic mass is 10.3. The van der Waals surface area contributed by atoms with Gasteiger partial charge in [-0.3, -0.25) is 19.5 Å². The lowest BCUT2D eigenvalue weighted by molar-refractivity contribution is -0.138. The van der Waals surface area contributed by atoms with Crippen LogP contribution in [0, 0.1) is 0 Å². The maximum Gasteiger partial charge on any atom is 0.303 e. The Labute approximate surface area is 119 Å². The van der Waals surface area contributed by atoms with Gasteiger partial charge in [-0.15, -0.1) is 20.4 Å². The summed E-state index contributed by atoms with van der Waals surface area (Å²) in [6, 6.07) is 5.24. The van der Waals surface area contributed by atoms with Crippen molar-refractivity contribution < 1.29 is 14.7 Å². The van der Waals surface area contributed by atoms with Crippen molar-refractivity contribution in [1.82, 2.24) is 25.4 Å². The summed E-state index contributed by atoms with van der Waals surface area (Å²) in [5.74, 6) is -1.22. The first-order chi connectivity index (χ1) is 10.1. The normalized spacial score (nSPS) is 10.1. The van der Waals surface area contributed by atoms with Crippen molar-refractivity contribution in [3.05, 3.63) is 24.4 Å². The van der Waals surface area contributed by atoms with E-state index in [9.17, 15) is 9.59 Å². The molecule has 1 N–H and O–H groups in total. The molecule has 2 rings (SSSR count). The number of anilines is 1. The van der Waals surface area contributed by atoms with Crippen LogP contribution in [0.3, 0.4) is 0 Å². The van der Waals surface area contributed by atoms with Crippen molar-refractivity contribution in [1.29, 1.82) is 0 Å². The summed E-state index contributed by atoms with van der Waals surface area (Å²) in [7, 11) is 1.43. The fourth-order valence-electron chi connectivity index (χ4n) is 1.45. The fraction of sp³-hybridized carbons (Fsp3) is 0.250. The number of carbonyl (C=O) groups is 2. The Balaban J connectivity index is 2.08. The number of carboxylic acid groups (broad SMARTS) is 1. The molecule has 2 heterocycles. The minimum atomic E-state index is -1.04. The Kier molecular flexibility index (Phi) is 4.44. The first-order valence-electron chi connectivity index (χ1n) is 6.05. The molecule has 0 atom stereocenters. The van der Waals surface area contributed by atoms with E-state index in [0.29, 0.717) is 5.69 Å². The van der Waals surface area contributed by atoms with E-state index in [1.807, 2.05) is 0 Å². The van der Waals surface area contributed by atoms with Crippen molar-refractivity contribution in [3.8, 4) is 11.5 Å². The summed E-state index contributed by atoms with van der Waals surface area (Å²) < 4.78 is 0. The van der Waals surface area contributed by atoms with Gasteiger partial charge in [-0.1, -0.05) is 6.07 Å². The predicted molar refractivity (Wildman–Crippen MR) is 71.1 cm³/mol. The lowest BCUT2D eigenvalue weighted by Crippen LogP contribution is -2.29. The Bertz CT molecular complexity index is 631. The lowest BCUT2D eigenvalue weighted by Gasteiger charge is -2.12. The van der Waals surface area contributed by atoms with E-state index in [1.165, 1.54) is 7.05 Å². The molecular weight excluding hydrogens is 276 g/mol. The van der Waals surface area contributed by atoms with Crippen molar-refractivity contribution >= 4 is 17.8 Å². The zero-order valence-corrected chi connectivity index (χ0v) is 11.2. The Morgan fingerprint density at radius 3 is 2.43 bits per heavy atom. The minimum absolute atomic E-state index is 0.00469. The van der Waals surface area contributed by atoms with E-state index in [0.717, 1.165) is 4.90 Å². The van der Waals surface area contributed by atoms with Gasteiger partial charge in [-0.05, 0) is 12.1 Å². The standard InChI is InChI=1S/C12H12N6O3/c1-18(9(19)5-6-10(20)21)12-16-14-11(15-17-12)8-4-2-3-7-13-8/h2-4,7H,5-6H2,1H3,(H,20,21). The highest BCUT2D eigenvalue weighted by atomic mass is 16.4. The third-order valence-electron chi connectivity index (χ3n) is 2.59. The summed E-state index contributed by atoms with van der Waals surface area (Å²) >= 11 is 0. The zero-order valence-electron chi connectivity index (χ0n) is 11.2. The molecule has 0 saturated heterocycles. The van der Waals surface area contributed by atoms with Gasteiger partial charge in [0, 0.05) is 19.7 Å². The molecule has 0 aliphatic heterocycles. The molecule has 21 heavy (non-hydrogen) atoms. The van der Waals surface area contributed by atoms with Crippen molar-refractivity contribution in [2.75, 3.05) is 11.9 Å². The quantitative estimate of drug-likeness (QED) is 0.825. The number of amides is 1. The van der Waals surface area contributed by atoms with Crippen LogP contribution in [-0.2, 0) is 9.59 Å². The SMILES string of the molecule is CN(C(=O)CCC(=O)O)c1nnc(-c2ccccn2)nn1. The number of hydrogen-bond donors (Lipinski definition) is 1. The molecule has 2 aromatic heterocycles. The van der Waals surface area contributed by atoms with E-state index in [2.05, 4.69) is 25.4 Å². The zero-order chi connectivity index (χ0) is 15.2. The second-order valence-corrected chi connectivity index (χ2v) is 4.09. The molecule has 108 valence electrons. The summed E-state index contributed by atoms with van der Waals surface area (Å²) in [6.07, 6.45) is 1.20. The molecule has 0 aliphatic carbocycles. The van der Waals surface area contributed by atoms with Crippen LogP contribution in [0.15, 0.2) is 24.4 Å². The molecule has 0 saturated carbocycles. The number of aliphatic carboxylic acids is 1. The Morgan fingerprint density at radius 2 is 1.86 bits per heavy atom. The van der Waals surface area contributed by atoms with E-state index >= 15 is 0 Å². The number of pyridine rings is 1. The summed E-state index contributed by atoms with van der Waals surface area (Å²) in [4.78, 5) is 27.3. The number of carboxylic acids is 1. The average molecular weight is 288 g/mol. The first kappa shape index (κ1) is 14.4. The summed E-state index contributed by atoms with van der Waals surface area (Å²) in [6.45, 7) is 0. The number of aromatic nitrogens is 5. The van der Waals surface area contributed by atoms with Crippen LogP contribution in [0.5, 0.6) is 0 Å². The molecule has 0 spiro atoms. The van der Waals surface area contributed by atoms with E-state index in [-0.39, 0.29) is 24.6 Å². The largest absolute Gasteiger partial charge is 0.481 e. The van der Waals surface area contributed by atoms with Crippen LogP contribution in [0.1, 0.15) is 12.8 Å². The fourth-order valence-corrected chi connectivity index (χ4v) is 1.45. The van der Waals surface area contributed by atoms with Gasteiger partial charge >= 0.3 is 5.97 Å². The number of hydrogen-bond acceptors (Lipinski definition) is 7. The molecule has 9 heteroatoms. The average Bonchev–Trinajstić information content (AvgIpc) is 2.53. The summed E-state index contributed by atoms with van der Waals surface area (Å²) in [5.41, 5.74) is 0.518. The van der Waals surface area contributed by atoms with E-state index in [4.69, 9.17) is 5.11 Å². The third kappa shape index (κ3) is 3.75. The van der Waals surface area contributed by atoms with Crippen LogP contribution in [0.2, 0.25) is 0 Å². The minimum Gasteiger partial charge on any atom is -0.481 e. The molecule has 0 radical (unpaired) electrons. The molecule has 0 fully saturated rings. The van der Waals surface area contributed by atoms with E-state index in [1.54, 1.807) is 24.4 Å². The van der Waals surface area contributed by atoms with Gasteiger partial charge in [0.15, 0.2) is 0 Å². The number of nitrogens with zero attached hydrogens (tertiary/aromatic N) is 6. The maximum atomic E-state index is 11.7. The molecule has 0 aromatic carbocycles. The van der Waals surface area contributed by atoms with Crippen LogP contribution in [-0.4, -0.2) is 49.4 Å². The van der Waals surface area contributed by atoms with Gasteiger partial charge in [-0.25, -0.2) is 0 Å². The summed E-state index contributed by atoms with van der Waals surface area (Å²) in [5, 5.41) is 23.8. The van der Waals surface area contributed by atoms with Gasteiger partial charge in [0.05, 0.1) is 6.42 Å². The van der Waals surface area contributed by atoms with Crippen LogP contribution >= 0.6 is 0 Å². The van der Waals surface area contributed by atoms with Crippen LogP contribution in [0.25, 0.3) is 11.5 Å². The molecule has 1 amide bonds. The van der Waals surface area contributed by atoms with E-state index < -0.39 is 11.9 Å². The molecule has 9 nitrogen and oxygen atoms in total. The Hall–Kier alpha value is -2.97. The second kappa shape index (κ2) is 6.46. The molecule has 0 bridgehead atoms. The predicted octanol–water partition coefficient (Wildman–Crippen LogP) is 0.156. The van der Waals surface area contributed by atoms with Gasteiger partial charge < -0.3 is 5.11 Å². The second-order valence-electron chi connectivity index (χ2n) is 4.09. The Morgan fingerprint density at radius 1 is 1.14 bits per heavy atom. The van der Waals surface area contributed by atoms with Gasteiger partial charge in [-0.2, -0.15) is 0 Å². The molecular formula is C12H12N6O3. The van der Waals surface area contributed by atoms with Crippen molar-refractivity contribution in [2.24, 2.45) is 0 Å². The van der Waals surface area contributed by atoms with Crippen LogP contribution in [0.4, 0.5) is 5.95 Å². The highest BCUT2D eigenvalue weighted by molar-refractivity contribution is 5.92. The molecule has 2 aromatic rings. The first-order valence-corrected chi connectivity index (χ1v) is 6.05. The van der Waals surface area contributed by atoms with Crippen molar-refractivity contribution in [3.63, 3.8) is 0 Å². The van der Waals surface area contributed by atoms with Gasteiger partial charge in [0.1, 0.15) is 5.69 Å². The molecule has 0 aliphatic rings. The third-order valence-corrected chi connectivity index (χ3v) is 2.59. The number of carbonyl (C=O) groups excluding carboxylic acids is 1. The smallest absolute Gasteiger partial charge is 0.303 e. The highest BCUT2D eigenvalue weighted by Crippen LogP contribution is 2.10. The highest BCUT2D eigenvalue weighted by Gasteiger charge is 2.16. The molecule has 0 unspecified atom stereocenters. The number of rotatable bonds is 5. The topological polar surface area (TPSA) is 122 Å². The maximum absolute atomic E-state index is 11.7. The monoisotopic (exact) mass is 288 g/mol.